The lowest BCUT2D eigenvalue weighted by Crippen LogP contribution is -2.43. The third-order valence-corrected chi connectivity index (χ3v) is 6.30. The van der Waals surface area contributed by atoms with Crippen molar-refractivity contribution in [3.05, 3.63) is 95.6 Å². The highest BCUT2D eigenvalue weighted by atomic mass is 16.5. The molecule has 1 fully saturated rings. The van der Waals surface area contributed by atoms with Crippen molar-refractivity contribution in [3.8, 4) is 5.75 Å². The largest absolute Gasteiger partial charge is 0.497 e. The van der Waals surface area contributed by atoms with Gasteiger partial charge in [-0.05, 0) is 47.9 Å². The quantitative estimate of drug-likeness (QED) is 0.732. The first kappa shape index (κ1) is 18.0. The number of hydrogen-bond acceptors (Lipinski definition) is 3. The van der Waals surface area contributed by atoms with Crippen LogP contribution < -0.4 is 15.0 Å². The number of para-hydroxylation sites is 1. The number of methoxy groups -OCH3 is 1. The number of carbonyl (C=O) groups is 1. The summed E-state index contributed by atoms with van der Waals surface area (Å²) in [5.74, 6) is 1.01. The minimum Gasteiger partial charge on any atom is -0.497 e. The molecular formula is C25H24N2O2. The molecular weight excluding hydrogens is 360 g/mol. The van der Waals surface area contributed by atoms with Gasteiger partial charge >= 0.3 is 0 Å². The summed E-state index contributed by atoms with van der Waals surface area (Å²) in [5, 5.41) is 3.61. The molecule has 0 saturated carbocycles. The molecule has 3 aromatic rings. The van der Waals surface area contributed by atoms with Gasteiger partial charge in [-0.25, -0.2) is 0 Å². The smallest absolute Gasteiger partial charge is 0.240 e. The summed E-state index contributed by atoms with van der Waals surface area (Å²) in [6.45, 7) is 1.41. The zero-order valence-corrected chi connectivity index (χ0v) is 16.5. The summed E-state index contributed by atoms with van der Waals surface area (Å²) in [4.78, 5) is 15.9. The van der Waals surface area contributed by atoms with Crippen LogP contribution in [-0.4, -0.2) is 19.6 Å². The second-order valence-corrected chi connectivity index (χ2v) is 7.78. The molecule has 1 unspecified atom stereocenters. The van der Waals surface area contributed by atoms with Crippen LogP contribution in [0.4, 0.5) is 5.69 Å². The molecule has 5 rings (SSSR count). The normalized spacial score (nSPS) is 22.9. The van der Waals surface area contributed by atoms with E-state index in [2.05, 4.69) is 41.7 Å². The monoisotopic (exact) mass is 384 g/mol. The van der Waals surface area contributed by atoms with Crippen LogP contribution in [0.15, 0.2) is 78.9 Å². The maximum absolute atomic E-state index is 14.0. The second kappa shape index (κ2) is 7.05. The molecule has 2 heterocycles. The van der Waals surface area contributed by atoms with Crippen LogP contribution in [-0.2, 0) is 16.8 Å². The van der Waals surface area contributed by atoms with E-state index in [1.807, 2.05) is 47.4 Å². The van der Waals surface area contributed by atoms with Crippen molar-refractivity contribution in [1.29, 1.82) is 0 Å². The minimum atomic E-state index is -0.569. The number of anilines is 1. The number of fused-ring (bicyclic) bond motifs is 2. The summed E-state index contributed by atoms with van der Waals surface area (Å²) >= 11 is 0. The summed E-state index contributed by atoms with van der Waals surface area (Å²) in [6, 6.07) is 26.5. The molecule has 1 N–H and O–H groups in total. The van der Waals surface area contributed by atoms with Crippen LogP contribution in [0.1, 0.15) is 29.2 Å². The first-order chi connectivity index (χ1) is 14.2. The highest BCUT2D eigenvalue weighted by Crippen LogP contribution is 2.53. The number of rotatable bonds is 4. The molecule has 0 bridgehead atoms. The minimum absolute atomic E-state index is 0.0529. The predicted molar refractivity (Wildman–Crippen MR) is 114 cm³/mol. The van der Waals surface area contributed by atoms with Gasteiger partial charge in [0.05, 0.1) is 25.1 Å². The third kappa shape index (κ3) is 2.75. The van der Waals surface area contributed by atoms with E-state index in [9.17, 15) is 4.79 Å². The maximum atomic E-state index is 14.0. The van der Waals surface area contributed by atoms with Crippen molar-refractivity contribution < 1.29 is 9.53 Å². The van der Waals surface area contributed by atoms with Crippen LogP contribution in [0.5, 0.6) is 5.75 Å². The lowest BCUT2D eigenvalue weighted by molar-refractivity contribution is -0.123. The molecule has 1 saturated heterocycles. The zero-order chi connectivity index (χ0) is 19.8. The van der Waals surface area contributed by atoms with Crippen molar-refractivity contribution in [2.24, 2.45) is 0 Å². The Morgan fingerprint density at radius 1 is 1.00 bits per heavy atom. The Labute approximate surface area is 171 Å². The number of ether oxygens (including phenoxy) is 1. The summed E-state index contributed by atoms with van der Waals surface area (Å²) in [6.07, 6.45) is 0.796. The molecule has 29 heavy (non-hydrogen) atoms. The van der Waals surface area contributed by atoms with Crippen molar-refractivity contribution in [3.63, 3.8) is 0 Å². The van der Waals surface area contributed by atoms with Crippen LogP contribution in [0.25, 0.3) is 0 Å². The van der Waals surface area contributed by atoms with Gasteiger partial charge in [0.25, 0.3) is 0 Å². The van der Waals surface area contributed by atoms with E-state index in [0.29, 0.717) is 6.54 Å². The van der Waals surface area contributed by atoms with Crippen molar-refractivity contribution >= 4 is 11.6 Å². The summed E-state index contributed by atoms with van der Waals surface area (Å²) < 4.78 is 5.31. The SMILES string of the molecule is COc1ccc([C@@H]2NCCC23C(=O)N(Cc2ccccc2)c2ccccc23)cc1. The van der Waals surface area contributed by atoms with Crippen molar-refractivity contribution in [2.75, 3.05) is 18.6 Å². The Bertz CT molecular complexity index is 1030. The van der Waals surface area contributed by atoms with Gasteiger partial charge < -0.3 is 15.0 Å². The third-order valence-electron chi connectivity index (χ3n) is 6.30. The van der Waals surface area contributed by atoms with E-state index >= 15 is 0 Å². The number of amides is 1. The average molecular weight is 384 g/mol. The maximum Gasteiger partial charge on any atom is 0.240 e. The number of nitrogens with zero attached hydrogens (tertiary/aromatic N) is 1. The molecule has 1 spiro atoms. The van der Waals surface area contributed by atoms with Gasteiger partial charge in [-0.2, -0.15) is 0 Å². The van der Waals surface area contributed by atoms with Crippen LogP contribution in [0, 0.1) is 0 Å². The Kier molecular flexibility index (Phi) is 4.36. The zero-order valence-electron chi connectivity index (χ0n) is 16.5. The van der Waals surface area contributed by atoms with Crippen molar-refractivity contribution in [1.82, 2.24) is 5.32 Å². The summed E-state index contributed by atoms with van der Waals surface area (Å²) in [5.41, 5.74) is 3.85. The van der Waals surface area contributed by atoms with E-state index in [0.717, 1.165) is 41.1 Å². The fraction of sp³-hybridized carbons (Fsp3) is 0.240. The molecule has 0 radical (unpaired) electrons. The fourth-order valence-electron chi connectivity index (χ4n) is 4.93. The van der Waals surface area contributed by atoms with Crippen LogP contribution in [0.2, 0.25) is 0 Å². The lowest BCUT2D eigenvalue weighted by atomic mass is 9.73. The fourth-order valence-corrected chi connectivity index (χ4v) is 4.93. The predicted octanol–water partition coefficient (Wildman–Crippen LogP) is 4.21. The molecule has 4 nitrogen and oxygen atoms in total. The van der Waals surface area contributed by atoms with E-state index in [1.165, 1.54) is 0 Å². The highest BCUT2D eigenvalue weighted by molar-refractivity contribution is 6.09. The van der Waals surface area contributed by atoms with Gasteiger partial charge in [0.2, 0.25) is 5.91 Å². The van der Waals surface area contributed by atoms with Gasteiger partial charge in [-0.1, -0.05) is 60.7 Å². The van der Waals surface area contributed by atoms with Crippen LogP contribution in [0.3, 0.4) is 0 Å². The van der Waals surface area contributed by atoms with Crippen LogP contribution >= 0.6 is 0 Å². The molecule has 2 aliphatic heterocycles. The Balaban J connectivity index is 1.59. The van der Waals surface area contributed by atoms with E-state index < -0.39 is 5.41 Å². The van der Waals surface area contributed by atoms with E-state index in [1.54, 1.807) is 7.11 Å². The molecule has 0 aromatic heterocycles. The van der Waals surface area contributed by atoms with E-state index in [4.69, 9.17) is 4.74 Å². The van der Waals surface area contributed by atoms with E-state index in [-0.39, 0.29) is 11.9 Å². The molecule has 4 heteroatoms. The average Bonchev–Trinajstić information content (AvgIpc) is 3.32. The number of benzene rings is 3. The Morgan fingerprint density at radius 3 is 2.48 bits per heavy atom. The molecule has 3 aromatic carbocycles. The molecule has 2 atom stereocenters. The molecule has 146 valence electrons. The molecule has 0 aliphatic carbocycles. The lowest BCUT2D eigenvalue weighted by Gasteiger charge is -2.31. The molecule has 1 amide bonds. The second-order valence-electron chi connectivity index (χ2n) is 7.78. The Hall–Kier alpha value is -3.11. The first-order valence-electron chi connectivity index (χ1n) is 10.1. The summed E-state index contributed by atoms with van der Waals surface area (Å²) in [7, 11) is 1.67. The number of nitrogens with one attached hydrogen (secondary N) is 1. The van der Waals surface area contributed by atoms with Gasteiger partial charge in [0, 0.05) is 5.69 Å². The van der Waals surface area contributed by atoms with Gasteiger partial charge in [-0.15, -0.1) is 0 Å². The van der Waals surface area contributed by atoms with Gasteiger partial charge in [0.1, 0.15) is 5.75 Å². The highest BCUT2D eigenvalue weighted by Gasteiger charge is 2.57. The molecule has 2 aliphatic rings. The first-order valence-corrected chi connectivity index (χ1v) is 10.1. The topological polar surface area (TPSA) is 41.6 Å². The number of carbonyl (C=O) groups excluding carboxylic acids is 1. The van der Waals surface area contributed by atoms with Gasteiger partial charge in [0.15, 0.2) is 0 Å². The van der Waals surface area contributed by atoms with Gasteiger partial charge in [-0.3, -0.25) is 4.79 Å². The standard InChI is InChI=1S/C25H24N2O2/c1-29-20-13-11-19(12-14-20)23-25(15-16-26-23)21-9-5-6-10-22(21)27(24(25)28)17-18-7-3-2-4-8-18/h2-14,23,26H,15-17H2,1H3/t23-,25?/m0/s1. The van der Waals surface area contributed by atoms with Crippen molar-refractivity contribution in [2.45, 2.75) is 24.4 Å². The number of hydrogen-bond donors (Lipinski definition) is 1. The Morgan fingerprint density at radius 2 is 1.72 bits per heavy atom.